The van der Waals surface area contributed by atoms with Crippen LogP contribution in [0.15, 0.2) is 18.2 Å². The minimum atomic E-state index is -1.57. The second-order valence-corrected chi connectivity index (χ2v) is 3.99. The van der Waals surface area contributed by atoms with E-state index in [9.17, 15) is 14.0 Å². The molecule has 90 valence electrons. The fourth-order valence-corrected chi connectivity index (χ4v) is 1.99. The summed E-state index contributed by atoms with van der Waals surface area (Å²) in [7, 11) is 0. The Bertz CT molecular complexity index is 467. The number of aliphatic carboxylic acids is 1. The van der Waals surface area contributed by atoms with Gasteiger partial charge in [-0.25, -0.2) is 9.18 Å². The van der Waals surface area contributed by atoms with E-state index in [-0.39, 0.29) is 5.56 Å². The van der Waals surface area contributed by atoms with Crippen LogP contribution in [0.1, 0.15) is 23.2 Å². The van der Waals surface area contributed by atoms with Crippen LogP contribution >= 0.6 is 0 Å². The van der Waals surface area contributed by atoms with Crippen LogP contribution < -0.4 is 4.90 Å². The largest absolute Gasteiger partial charge is 0.475 e. The average molecular weight is 237 g/mol. The van der Waals surface area contributed by atoms with E-state index in [2.05, 4.69) is 0 Å². The molecule has 0 spiro atoms. The molecular formula is C12H12FNO3. The first-order valence-corrected chi connectivity index (χ1v) is 5.41. The quantitative estimate of drug-likeness (QED) is 0.642. The third-order valence-electron chi connectivity index (χ3n) is 2.85. The van der Waals surface area contributed by atoms with Crippen molar-refractivity contribution in [1.82, 2.24) is 0 Å². The standard InChI is InChI=1S/C12H12FNO3/c13-9-7-8(11(15)12(16)17)3-4-10(9)14-5-1-2-6-14/h3-4,7H,1-2,5-6H2,(H,16,17). The van der Waals surface area contributed by atoms with Gasteiger partial charge in [0.25, 0.3) is 5.78 Å². The summed E-state index contributed by atoms with van der Waals surface area (Å²) in [6, 6.07) is 3.81. The summed E-state index contributed by atoms with van der Waals surface area (Å²) < 4.78 is 13.7. The number of hydrogen-bond donors (Lipinski definition) is 1. The number of carbonyl (C=O) groups is 2. The number of Topliss-reactive ketones (excluding diaryl/α,β-unsaturated/α-hetero) is 1. The molecule has 1 aliphatic heterocycles. The van der Waals surface area contributed by atoms with Crippen LogP contribution in [-0.2, 0) is 4.79 Å². The van der Waals surface area contributed by atoms with Crippen molar-refractivity contribution in [3.63, 3.8) is 0 Å². The van der Waals surface area contributed by atoms with Crippen LogP contribution in [0.3, 0.4) is 0 Å². The average Bonchev–Trinajstić information content (AvgIpc) is 2.81. The molecule has 0 aliphatic carbocycles. The summed E-state index contributed by atoms with van der Waals surface area (Å²) in [4.78, 5) is 23.5. The third kappa shape index (κ3) is 2.27. The SMILES string of the molecule is O=C(O)C(=O)c1ccc(N2CCCC2)c(F)c1. The van der Waals surface area contributed by atoms with E-state index in [1.807, 2.05) is 4.90 Å². The van der Waals surface area contributed by atoms with Crippen molar-refractivity contribution >= 4 is 17.4 Å². The maximum Gasteiger partial charge on any atom is 0.377 e. The smallest absolute Gasteiger partial charge is 0.377 e. The normalized spacial score (nSPS) is 15.0. The van der Waals surface area contributed by atoms with Gasteiger partial charge in [0.1, 0.15) is 5.82 Å². The minimum Gasteiger partial charge on any atom is -0.475 e. The molecule has 0 amide bonds. The van der Waals surface area contributed by atoms with Crippen molar-refractivity contribution in [1.29, 1.82) is 0 Å². The molecule has 0 unspecified atom stereocenters. The first kappa shape index (κ1) is 11.6. The molecule has 1 saturated heterocycles. The molecule has 0 saturated carbocycles. The third-order valence-corrected chi connectivity index (χ3v) is 2.85. The van der Waals surface area contributed by atoms with E-state index in [1.54, 1.807) is 0 Å². The number of anilines is 1. The second kappa shape index (κ2) is 4.53. The van der Waals surface area contributed by atoms with Crippen molar-refractivity contribution in [2.75, 3.05) is 18.0 Å². The number of ketones is 1. The highest BCUT2D eigenvalue weighted by Gasteiger charge is 2.20. The van der Waals surface area contributed by atoms with Gasteiger partial charge in [0, 0.05) is 18.7 Å². The van der Waals surface area contributed by atoms with Crippen LogP contribution in [0.25, 0.3) is 0 Å². The molecule has 2 rings (SSSR count). The van der Waals surface area contributed by atoms with Gasteiger partial charge >= 0.3 is 5.97 Å². The van der Waals surface area contributed by atoms with E-state index in [1.165, 1.54) is 12.1 Å². The van der Waals surface area contributed by atoms with Crippen molar-refractivity contribution in [3.8, 4) is 0 Å². The maximum absolute atomic E-state index is 13.7. The molecule has 1 aromatic carbocycles. The molecular weight excluding hydrogens is 225 g/mol. The fraction of sp³-hybridized carbons (Fsp3) is 0.333. The summed E-state index contributed by atoms with van der Waals surface area (Å²) in [5.74, 6) is -3.20. The van der Waals surface area contributed by atoms with Crippen molar-refractivity contribution < 1.29 is 19.1 Å². The van der Waals surface area contributed by atoms with Gasteiger partial charge < -0.3 is 10.0 Å². The first-order valence-electron chi connectivity index (χ1n) is 5.41. The van der Waals surface area contributed by atoms with Gasteiger partial charge in [-0.1, -0.05) is 0 Å². The van der Waals surface area contributed by atoms with Gasteiger partial charge in [0.05, 0.1) is 5.69 Å². The number of benzene rings is 1. The number of hydrogen-bond acceptors (Lipinski definition) is 3. The zero-order valence-corrected chi connectivity index (χ0v) is 9.15. The molecule has 4 nitrogen and oxygen atoms in total. The number of halogens is 1. The molecule has 1 aromatic rings. The number of carboxylic acids is 1. The summed E-state index contributed by atoms with van der Waals surface area (Å²) in [6.07, 6.45) is 2.05. The van der Waals surface area contributed by atoms with E-state index >= 15 is 0 Å². The lowest BCUT2D eigenvalue weighted by Crippen LogP contribution is -2.20. The van der Waals surface area contributed by atoms with Gasteiger partial charge in [-0.3, -0.25) is 4.79 Å². The molecule has 0 radical (unpaired) electrons. The highest BCUT2D eigenvalue weighted by molar-refractivity contribution is 6.39. The minimum absolute atomic E-state index is 0.127. The lowest BCUT2D eigenvalue weighted by atomic mass is 10.1. The van der Waals surface area contributed by atoms with Gasteiger partial charge in [0.2, 0.25) is 0 Å². The Kier molecular flexibility index (Phi) is 3.08. The van der Waals surface area contributed by atoms with Crippen LogP contribution in [0.5, 0.6) is 0 Å². The number of carbonyl (C=O) groups excluding carboxylic acids is 1. The molecule has 0 atom stereocenters. The predicted octanol–water partition coefficient (Wildman–Crippen LogP) is 1.69. The van der Waals surface area contributed by atoms with Crippen LogP contribution in [0.2, 0.25) is 0 Å². The lowest BCUT2D eigenvalue weighted by molar-refractivity contribution is -0.131. The predicted molar refractivity (Wildman–Crippen MR) is 59.8 cm³/mol. The van der Waals surface area contributed by atoms with Gasteiger partial charge in [-0.2, -0.15) is 0 Å². The Morgan fingerprint density at radius 1 is 1.24 bits per heavy atom. The molecule has 1 heterocycles. The summed E-state index contributed by atoms with van der Waals surface area (Å²) in [6.45, 7) is 1.59. The molecule has 0 aromatic heterocycles. The summed E-state index contributed by atoms with van der Waals surface area (Å²) >= 11 is 0. The van der Waals surface area contributed by atoms with Crippen molar-refractivity contribution in [2.24, 2.45) is 0 Å². The molecule has 5 heteroatoms. The highest BCUT2D eigenvalue weighted by atomic mass is 19.1. The van der Waals surface area contributed by atoms with E-state index in [0.29, 0.717) is 5.69 Å². The lowest BCUT2D eigenvalue weighted by Gasteiger charge is -2.18. The maximum atomic E-state index is 13.7. The van der Waals surface area contributed by atoms with Gasteiger partial charge in [-0.05, 0) is 31.0 Å². The van der Waals surface area contributed by atoms with Crippen molar-refractivity contribution in [3.05, 3.63) is 29.6 Å². The zero-order valence-electron chi connectivity index (χ0n) is 9.15. The molecule has 1 N–H and O–H groups in total. The van der Waals surface area contributed by atoms with E-state index < -0.39 is 17.6 Å². The molecule has 1 aliphatic rings. The topological polar surface area (TPSA) is 57.6 Å². The number of rotatable bonds is 3. The summed E-state index contributed by atoms with van der Waals surface area (Å²) in [5.41, 5.74) is 0.308. The Balaban J connectivity index is 2.28. The fourth-order valence-electron chi connectivity index (χ4n) is 1.99. The molecule has 1 fully saturated rings. The Morgan fingerprint density at radius 2 is 1.88 bits per heavy atom. The highest BCUT2D eigenvalue weighted by Crippen LogP contribution is 2.24. The van der Waals surface area contributed by atoms with E-state index in [4.69, 9.17) is 5.11 Å². The second-order valence-electron chi connectivity index (χ2n) is 3.99. The molecule has 0 bridgehead atoms. The Morgan fingerprint density at radius 3 is 2.41 bits per heavy atom. The van der Waals surface area contributed by atoms with Crippen LogP contribution in [-0.4, -0.2) is 29.9 Å². The van der Waals surface area contributed by atoms with Gasteiger partial charge in [0.15, 0.2) is 0 Å². The summed E-state index contributed by atoms with van der Waals surface area (Å²) in [5, 5.41) is 8.52. The monoisotopic (exact) mass is 237 g/mol. The van der Waals surface area contributed by atoms with Crippen LogP contribution in [0, 0.1) is 5.82 Å². The number of nitrogens with zero attached hydrogens (tertiary/aromatic N) is 1. The van der Waals surface area contributed by atoms with Gasteiger partial charge in [-0.15, -0.1) is 0 Å². The number of carboxylic acid groups (broad SMARTS) is 1. The van der Waals surface area contributed by atoms with Crippen LogP contribution in [0.4, 0.5) is 10.1 Å². The van der Waals surface area contributed by atoms with Crippen molar-refractivity contribution in [2.45, 2.75) is 12.8 Å². The Hall–Kier alpha value is -1.91. The first-order chi connectivity index (χ1) is 8.09. The molecule has 17 heavy (non-hydrogen) atoms. The zero-order chi connectivity index (χ0) is 12.4. The Labute approximate surface area is 97.7 Å². The van der Waals surface area contributed by atoms with E-state index in [0.717, 1.165) is 32.0 Å².